The second-order valence-corrected chi connectivity index (χ2v) is 6.01. The summed E-state index contributed by atoms with van der Waals surface area (Å²) in [6, 6.07) is 0. The van der Waals surface area contributed by atoms with Crippen molar-refractivity contribution in [3.8, 4) is 0 Å². The maximum Gasteiger partial charge on any atom is 0.167 e. The van der Waals surface area contributed by atoms with Gasteiger partial charge in [0, 0.05) is 5.41 Å². The standard InChI is InChI=1S/C9H18O3Si.C3H9N/c1-6(12-13)7(10)5-8(11)9(2,3)4;1-4(2)3/h6H,5H2,1-4,13H3;1-3H3. The van der Waals surface area contributed by atoms with Crippen molar-refractivity contribution in [2.75, 3.05) is 21.1 Å². The van der Waals surface area contributed by atoms with Gasteiger partial charge >= 0.3 is 0 Å². The molecule has 17 heavy (non-hydrogen) atoms. The van der Waals surface area contributed by atoms with Crippen molar-refractivity contribution in [1.82, 2.24) is 4.90 Å². The first kappa shape index (κ1) is 18.8. The number of nitrogens with zero attached hydrogens (tertiary/aromatic N) is 1. The maximum atomic E-state index is 11.4. The molecule has 0 N–H and O–H groups in total. The third-order valence-corrected chi connectivity index (χ3v) is 2.69. The first-order valence-corrected chi connectivity index (χ1v) is 6.53. The molecule has 0 aliphatic rings. The lowest BCUT2D eigenvalue weighted by Crippen LogP contribution is -2.28. The fourth-order valence-corrected chi connectivity index (χ4v) is 0.961. The predicted molar refractivity (Wildman–Crippen MR) is 74.2 cm³/mol. The summed E-state index contributed by atoms with van der Waals surface area (Å²) in [7, 11) is 6.53. The van der Waals surface area contributed by atoms with Gasteiger partial charge < -0.3 is 9.33 Å². The molecule has 4 nitrogen and oxygen atoms in total. The van der Waals surface area contributed by atoms with Crippen molar-refractivity contribution < 1.29 is 14.0 Å². The summed E-state index contributed by atoms with van der Waals surface area (Å²) < 4.78 is 4.96. The molecule has 1 unspecified atom stereocenters. The van der Waals surface area contributed by atoms with Gasteiger partial charge in [-0.3, -0.25) is 9.59 Å². The van der Waals surface area contributed by atoms with Crippen LogP contribution in [0.25, 0.3) is 0 Å². The second-order valence-electron chi connectivity index (χ2n) is 5.54. The minimum Gasteiger partial charge on any atom is -0.418 e. The Bertz CT molecular complexity index is 244. The highest BCUT2D eigenvalue weighted by atomic mass is 28.2. The van der Waals surface area contributed by atoms with E-state index in [2.05, 4.69) is 0 Å². The summed E-state index contributed by atoms with van der Waals surface area (Å²) in [6.07, 6.45) is -0.426. The molecule has 0 heterocycles. The Labute approximate surface area is 108 Å². The molecule has 0 aromatic carbocycles. The van der Waals surface area contributed by atoms with E-state index in [9.17, 15) is 9.59 Å². The summed E-state index contributed by atoms with van der Waals surface area (Å²) in [4.78, 5) is 24.7. The van der Waals surface area contributed by atoms with Crippen molar-refractivity contribution in [3.05, 3.63) is 0 Å². The van der Waals surface area contributed by atoms with Gasteiger partial charge in [0.1, 0.15) is 22.4 Å². The van der Waals surface area contributed by atoms with E-state index in [0.29, 0.717) is 10.5 Å². The van der Waals surface area contributed by atoms with Crippen molar-refractivity contribution in [3.63, 3.8) is 0 Å². The zero-order valence-corrected chi connectivity index (χ0v) is 14.5. The molecule has 0 saturated carbocycles. The molecular weight excluding hydrogens is 234 g/mol. The largest absolute Gasteiger partial charge is 0.418 e. The minimum absolute atomic E-state index is 0.00704. The van der Waals surface area contributed by atoms with Crippen LogP contribution >= 0.6 is 0 Å². The zero-order valence-electron chi connectivity index (χ0n) is 12.5. The zero-order chi connectivity index (χ0) is 14.2. The quantitative estimate of drug-likeness (QED) is 0.544. The van der Waals surface area contributed by atoms with Crippen LogP contribution in [0.2, 0.25) is 0 Å². The van der Waals surface area contributed by atoms with E-state index >= 15 is 0 Å². The molecular formula is C12H27NO3Si. The van der Waals surface area contributed by atoms with Crippen molar-refractivity contribution >= 4 is 22.1 Å². The van der Waals surface area contributed by atoms with Crippen molar-refractivity contribution in [2.45, 2.75) is 40.2 Å². The molecule has 0 amide bonds. The van der Waals surface area contributed by atoms with Gasteiger partial charge in [-0.15, -0.1) is 0 Å². The molecule has 0 aromatic rings. The third-order valence-electron chi connectivity index (χ3n) is 1.98. The molecule has 0 rings (SSSR count). The predicted octanol–water partition coefficient (Wildman–Crippen LogP) is 0.424. The van der Waals surface area contributed by atoms with Gasteiger partial charge in [0.05, 0.1) is 6.42 Å². The van der Waals surface area contributed by atoms with Crippen LogP contribution in [0.3, 0.4) is 0 Å². The van der Waals surface area contributed by atoms with Crippen LogP contribution in [0.4, 0.5) is 0 Å². The van der Waals surface area contributed by atoms with Gasteiger partial charge in [-0.2, -0.15) is 0 Å². The molecule has 0 bridgehead atoms. The van der Waals surface area contributed by atoms with E-state index in [4.69, 9.17) is 4.43 Å². The first-order chi connectivity index (χ1) is 7.52. The molecule has 0 saturated heterocycles. The van der Waals surface area contributed by atoms with Crippen LogP contribution in [0.5, 0.6) is 0 Å². The summed E-state index contributed by atoms with van der Waals surface area (Å²) in [5, 5.41) is 0. The summed E-state index contributed by atoms with van der Waals surface area (Å²) in [6.45, 7) is 7.13. The van der Waals surface area contributed by atoms with Crippen LogP contribution in [0.1, 0.15) is 34.1 Å². The van der Waals surface area contributed by atoms with E-state index < -0.39 is 11.5 Å². The maximum absolute atomic E-state index is 11.4. The fraction of sp³-hybridized carbons (Fsp3) is 0.833. The van der Waals surface area contributed by atoms with E-state index in [1.807, 2.05) is 46.8 Å². The summed E-state index contributed by atoms with van der Waals surface area (Å²) in [5.74, 6) is -0.141. The Balaban J connectivity index is 0. The number of rotatable bonds is 4. The number of carbonyl (C=O) groups excluding carboxylic acids is 2. The van der Waals surface area contributed by atoms with Crippen LogP contribution in [-0.4, -0.2) is 54.2 Å². The molecule has 0 radical (unpaired) electrons. The fourth-order valence-electron chi connectivity index (χ4n) is 0.699. The Morgan fingerprint density at radius 3 is 1.82 bits per heavy atom. The molecule has 1 atom stereocenters. The third kappa shape index (κ3) is 11.7. The van der Waals surface area contributed by atoms with Crippen LogP contribution in [-0.2, 0) is 14.0 Å². The van der Waals surface area contributed by atoms with Gasteiger partial charge in [0.25, 0.3) is 0 Å². The Kier molecular flexibility index (Phi) is 9.47. The van der Waals surface area contributed by atoms with E-state index in [-0.39, 0.29) is 18.0 Å². The number of hydrogen-bond donors (Lipinski definition) is 0. The molecule has 5 heteroatoms. The summed E-state index contributed by atoms with van der Waals surface area (Å²) in [5.41, 5.74) is -0.430. The lowest BCUT2D eigenvalue weighted by molar-refractivity contribution is -0.134. The topological polar surface area (TPSA) is 46.6 Å². The molecule has 0 aromatic heterocycles. The van der Waals surface area contributed by atoms with Gasteiger partial charge in [0.15, 0.2) is 5.78 Å². The molecule has 0 aliphatic carbocycles. The lowest BCUT2D eigenvalue weighted by Gasteiger charge is -2.17. The van der Waals surface area contributed by atoms with E-state index in [0.717, 1.165) is 0 Å². The van der Waals surface area contributed by atoms with Crippen LogP contribution in [0.15, 0.2) is 0 Å². The van der Waals surface area contributed by atoms with Gasteiger partial charge in [-0.05, 0) is 28.1 Å². The Morgan fingerprint density at radius 2 is 1.59 bits per heavy atom. The average Bonchev–Trinajstić information content (AvgIpc) is 2.13. The lowest BCUT2D eigenvalue weighted by atomic mass is 9.87. The average molecular weight is 261 g/mol. The molecule has 102 valence electrons. The Morgan fingerprint density at radius 1 is 1.24 bits per heavy atom. The van der Waals surface area contributed by atoms with Gasteiger partial charge in [0.2, 0.25) is 0 Å². The number of hydrogen-bond acceptors (Lipinski definition) is 4. The van der Waals surface area contributed by atoms with E-state index in [1.165, 1.54) is 0 Å². The number of Topliss-reactive ketones (excluding diaryl/α,β-unsaturated/α-hetero) is 2. The summed E-state index contributed by atoms with van der Waals surface area (Å²) >= 11 is 0. The smallest absolute Gasteiger partial charge is 0.167 e. The first-order valence-electron chi connectivity index (χ1n) is 5.72. The molecule has 0 aliphatic heterocycles. The van der Waals surface area contributed by atoms with Crippen LogP contribution in [0, 0.1) is 5.41 Å². The van der Waals surface area contributed by atoms with Gasteiger partial charge in [-0.1, -0.05) is 20.8 Å². The normalized spacial score (nSPS) is 12.9. The second kappa shape index (κ2) is 8.55. The minimum atomic E-state index is -0.430. The molecule has 0 spiro atoms. The van der Waals surface area contributed by atoms with E-state index in [1.54, 1.807) is 6.92 Å². The van der Waals surface area contributed by atoms with Crippen molar-refractivity contribution in [1.29, 1.82) is 0 Å². The van der Waals surface area contributed by atoms with Crippen LogP contribution < -0.4 is 0 Å². The number of carbonyl (C=O) groups is 2. The highest BCUT2D eigenvalue weighted by molar-refractivity contribution is 6.05. The van der Waals surface area contributed by atoms with Gasteiger partial charge in [-0.25, -0.2) is 0 Å². The molecule has 0 fully saturated rings. The monoisotopic (exact) mass is 261 g/mol. The SMILES string of the molecule is CC(O[SiH3])C(=O)CC(=O)C(C)(C)C.CN(C)C. The Hall–Kier alpha value is -0.523. The number of ketones is 2. The highest BCUT2D eigenvalue weighted by Gasteiger charge is 2.25. The van der Waals surface area contributed by atoms with Crippen molar-refractivity contribution in [2.24, 2.45) is 5.41 Å². The highest BCUT2D eigenvalue weighted by Crippen LogP contribution is 2.17.